The summed E-state index contributed by atoms with van der Waals surface area (Å²) in [5.74, 6) is -0.131. The molecule has 0 saturated carbocycles. The molecule has 0 radical (unpaired) electrons. The molecule has 6 heteroatoms. The van der Waals surface area contributed by atoms with Crippen LogP contribution in [0.3, 0.4) is 0 Å². The number of benzene rings is 5. The van der Waals surface area contributed by atoms with Gasteiger partial charge in [0.2, 0.25) is 5.91 Å². The third kappa shape index (κ3) is 6.15. The molecule has 49 heavy (non-hydrogen) atoms. The first-order valence-corrected chi connectivity index (χ1v) is 16.7. The number of nitrogens with zero attached hydrogens (tertiary/aromatic N) is 3. The molecule has 0 saturated heterocycles. The molecule has 0 aliphatic carbocycles. The van der Waals surface area contributed by atoms with Crippen molar-refractivity contribution < 1.29 is 4.79 Å². The van der Waals surface area contributed by atoms with Gasteiger partial charge in [0, 0.05) is 48.0 Å². The second kappa shape index (κ2) is 13.7. The third-order valence-electron chi connectivity index (χ3n) is 9.18. The van der Waals surface area contributed by atoms with Crippen LogP contribution in [0.15, 0.2) is 152 Å². The van der Waals surface area contributed by atoms with E-state index in [0.29, 0.717) is 6.54 Å². The predicted molar refractivity (Wildman–Crippen MR) is 198 cm³/mol. The number of anilines is 1. The normalized spacial score (nSPS) is 12.1. The largest absolute Gasteiger partial charge is 0.326 e. The van der Waals surface area contributed by atoms with Crippen molar-refractivity contribution in [2.45, 2.75) is 38.9 Å². The molecule has 242 valence electrons. The van der Waals surface area contributed by atoms with Gasteiger partial charge < -0.3 is 10.6 Å². The van der Waals surface area contributed by atoms with Crippen LogP contribution >= 0.6 is 0 Å². The summed E-state index contributed by atoms with van der Waals surface area (Å²) in [6.07, 6.45) is 1.84. The fourth-order valence-electron chi connectivity index (χ4n) is 6.85. The highest BCUT2D eigenvalue weighted by atomic mass is 16.1. The predicted octanol–water partition coefficient (Wildman–Crippen LogP) is 9.06. The number of rotatable bonds is 10. The molecule has 2 aromatic heterocycles. The van der Waals surface area contributed by atoms with Gasteiger partial charge in [-0.05, 0) is 65.9 Å². The molecule has 0 bridgehead atoms. The van der Waals surface area contributed by atoms with Gasteiger partial charge in [0.25, 0.3) is 0 Å². The minimum absolute atomic E-state index is 0.106. The van der Waals surface area contributed by atoms with E-state index in [1.807, 2.05) is 43.5 Å². The summed E-state index contributed by atoms with van der Waals surface area (Å²) in [5, 5.41) is 13.4. The number of pyridine rings is 1. The van der Waals surface area contributed by atoms with Crippen LogP contribution in [0.5, 0.6) is 0 Å². The lowest BCUT2D eigenvalue weighted by atomic mass is 9.77. The molecule has 6 nitrogen and oxygen atoms in total. The van der Waals surface area contributed by atoms with E-state index in [-0.39, 0.29) is 11.9 Å². The SMILES string of the molecule is CC(=O)Nc1cc2c(cc1CNC(C)c1ccccc1)c(-c1ccnc(C)c1)nn2C(c1ccccc1)(c1ccccc1)c1ccccc1. The number of aryl methyl sites for hydroxylation is 1. The molecule has 1 amide bonds. The minimum Gasteiger partial charge on any atom is -0.326 e. The van der Waals surface area contributed by atoms with Gasteiger partial charge in [-0.3, -0.25) is 9.78 Å². The van der Waals surface area contributed by atoms with Crippen molar-refractivity contribution in [2.75, 3.05) is 5.32 Å². The Kier molecular flexibility index (Phi) is 8.88. The summed E-state index contributed by atoms with van der Waals surface area (Å²) in [6, 6.07) is 50.5. The maximum Gasteiger partial charge on any atom is 0.221 e. The fraction of sp³-hybridized carbons (Fsp3) is 0.140. The van der Waals surface area contributed by atoms with E-state index < -0.39 is 5.54 Å². The zero-order chi connectivity index (χ0) is 33.8. The van der Waals surface area contributed by atoms with Crippen LogP contribution < -0.4 is 10.6 Å². The molecular weight excluding hydrogens is 603 g/mol. The average molecular weight is 642 g/mol. The van der Waals surface area contributed by atoms with Crippen molar-refractivity contribution in [3.8, 4) is 11.3 Å². The Morgan fingerprint density at radius 2 is 1.31 bits per heavy atom. The van der Waals surface area contributed by atoms with E-state index in [9.17, 15) is 4.79 Å². The van der Waals surface area contributed by atoms with Crippen molar-refractivity contribution in [3.63, 3.8) is 0 Å². The second-order valence-electron chi connectivity index (χ2n) is 12.5. The van der Waals surface area contributed by atoms with Gasteiger partial charge in [-0.1, -0.05) is 121 Å². The molecule has 0 fully saturated rings. The van der Waals surface area contributed by atoms with E-state index in [4.69, 9.17) is 5.10 Å². The number of carbonyl (C=O) groups is 1. The maximum absolute atomic E-state index is 12.7. The highest BCUT2D eigenvalue weighted by molar-refractivity contribution is 5.99. The summed E-state index contributed by atoms with van der Waals surface area (Å²) >= 11 is 0. The second-order valence-corrected chi connectivity index (χ2v) is 12.5. The van der Waals surface area contributed by atoms with E-state index in [1.165, 1.54) is 5.56 Å². The first-order valence-electron chi connectivity index (χ1n) is 16.7. The van der Waals surface area contributed by atoms with E-state index in [2.05, 4.69) is 142 Å². The van der Waals surface area contributed by atoms with Crippen LogP contribution in [0.2, 0.25) is 0 Å². The first kappa shape index (κ1) is 31.7. The number of amides is 1. The average Bonchev–Trinajstić information content (AvgIpc) is 3.50. The van der Waals surface area contributed by atoms with Gasteiger partial charge in [-0.25, -0.2) is 4.68 Å². The summed E-state index contributed by atoms with van der Waals surface area (Å²) in [4.78, 5) is 17.2. The summed E-state index contributed by atoms with van der Waals surface area (Å²) in [5.41, 5.74) is 8.90. The molecule has 1 atom stereocenters. The Hall–Kier alpha value is -5.85. The number of aromatic nitrogens is 3. The van der Waals surface area contributed by atoms with Crippen LogP contribution in [0.25, 0.3) is 22.2 Å². The van der Waals surface area contributed by atoms with E-state index in [1.54, 1.807) is 6.92 Å². The van der Waals surface area contributed by atoms with Crippen molar-refractivity contribution in [2.24, 2.45) is 0 Å². The Bertz CT molecular complexity index is 2100. The molecule has 7 rings (SSSR count). The van der Waals surface area contributed by atoms with Crippen LogP contribution in [0.4, 0.5) is 5.69 Å². The Labute approximate surface area is 287 Å². The van der Waals surface area contributed by atoms with Crippen molar-refractivity contribution in [1.29, 1.82) is 0 Å². The quantitative estimate of drug-likeness (QED) is 0.146. The van der Waals surface area contributed by atoms with Gasteiger partial charge >= 0.3 is 0 Å². The standard InChI is InChI=1S/C43H39N5O/c1-30-26-34(24-25-44-30)42-39-27-35(29-45-31(2)33-16-8-4-9-17-33)40(46-32(3)49)28-41(39)48(47-42)43(36-18-10-5-11-19-36,37-20-12-6-13-21-37)38-22-14-7-15-23-38/h4-28,31,45H,29H2,1-3H3,(H,46,49). The minimum atomic E-state index is -0.850. The van der Waals surface area contributed by atoms with Crippen LogP contribution in [0, 0.1) is 6.92 Å². The Balaban J connectivity index is 1.54. The van der Waals surface area contributed by atoms with Crippen LogP contribution in [0.1, 0.15) is 53.4 Å². The first-order chi connectivity index (χ1) is 23.9. The molecule has 5 aromatic carbocycles. The molecule has 0 aliphatic rings. The Morgan fingerprint density at radius 1 is 0.755 bits per heavy atom. The molecule has 7 aromatic rings. The Morgan fingerprint density at radius 3 is 1.84 bits per heavy atom. The third-order valence-corrected chi connectivity index (χ3v) is 9.18. The summed E-state index contributed by atoms with van der Waals surface area (Å²) in [6.45, 7) is 6.25. The number of fused-ring (bicyclic) bond motifs is 1. The van der Waals surface area contributed by atoms with Crippen molar-refractivity contribution >= 4 is 22.5 Å². The van der Waals surface area contributed by atoms with Gasteiger partial charge in [0.15, 0.2) is 0 Å². The summed E-state index contributed by atoms with van der Waals surface area (Å²) in [7, 11) is 0. The molecular formula is C43H39N5O. The smallest absolute Gasteiger partial charge is 0.221 e. The van der Waals surface area contributed by atoms with Gasteiger partial charge in [-0.2, -0.15) is 5.10 Å². The molecule has 2 heterocycles. The number of hydrogen-bond acceptors (Lipinski definition) is 4. The zero-order valence-electron chi connectivity index (χ0n) is 28.0. The lowest BCUT2D eigenvalue weighted by Gasteiger charge is -2.37. The summed E-state index contributed by atoms with van der Waals surface area (Å²) < 4.78 is 2.16. The molecule has 0 aliphatic heterocycles. The van der Waals surface area contributed by atoms with E-state index in [0.717, 1.165) is 55.8 Å². The number of nitrogens with one attached hydrogen (secondary N) is 2. The monoisotopic (exact) mass is 641 g/mol. The lowest BCUT2D eigenvalue weighted by Crippen LogP contribution is -2.38. The van der Waals surface area contributed by atoms with Crippen LogP contribution in [-0.2, 0) is 16.9 Å². The van der Waals surface area contributed by atoms with Gasteiger partial charge in [0.1, 0.15) is 11.2 Å². The number of carbonyl (C=O) groups excluding carboxylic acids is 1. The zero-order valence-corrected chi connectivity index (χ0v) is 28.0. The van der Waals surface area contributed by atoms with Gasteiger partial charge in [0.05, 0.1) is 5.52 Å². The topological polar surface area (TPSA) is 71.8 Å². The van der Waals surface area contributed by atoms with Crippen molar-refractivity contribution in [3.05, 3.63) is 185 Å². The highest BCUT2D eigenvalue weighted by Crippen LogP contribution is 2.45. The molecule has 1 unspecified atom stereocenters. The highest BCUT2D eigenvalue weighted by Gasteiger charge is 2.41. The van der Waals surface area contributed by atoms with Crippen molar-refractivity contribution in [1.82, 2.24) is 20.1 Å². The van der Waals surface area contributed by atoms with E-state index >= 15 is 0 Å². The molecule has 0 spiro atoms. The lowest BCUT2D eigenvalue weighted by molar-refractivity contribution is -0.114. The van der Waals surface area contributed by atoms with Gasteiger partial charge in [-0.15, -0.1) is 0 Å². The molecule has 2 N–H and O–H groups in total. The number of hydrogen-bond donors (Lipinski definition) is 2. The van der Waals surface area contributed by atoms with Crippen LogP contribution in [-0.4, -0.2) is 20.7 Å². The fourth-order valence-corrected chi connectivity index (χ4v) is 6.85. The maximum atomic E-state index is 12.7.